The average molecular weight is 322 g/mol. The van der Waals surface area contributed by atoms with Gasteiger partial charge in [0, 0.05) is 10.6 Å². The molecule has 0 fully saturated rings. The van der Waals surface area contributed by atoms with Gasteiger partial charge >= 0.3 is 0 Å². The van der Waals surface area contributed by atoms with Gasteiger partial charge in [0.25, 0.3) is 0 Å². The quantitative estimate of drug-likeness (QED) is 0.888. The van der Waals surface area contributed by atoms with Crippen LogP contribution in [0, 0.1) is 11.8 Å². The number of methoxy groups -OCH3 is 1. The second-order valence-corrected chi connectivity index (χ2v) is 5.85. The molecule has 1 N–H and O–H groups in total. The highest BCUT2D eigenvalue weighted by molar-refractivity contribution is 9.10. The zero-order valence-corrected chi connectivity index (χ0v) is 12.8. The van der Waals surface area contributed by atoms with E-state index in [9.17, 15) is 5.11 Å². The van der Waals surface area contributed by atoms with E-state index in [0.717, 1.165) is 10.0 Å². The molecule has 0 amide bonds. The molecule has 1 aromatic rings. The van der Waals surface area contributed by atoms with Crippen LogP contribution in [0.15, 0.2) is 16.6 Å². The third kappa shape index (κ3) is 3.36. The van der Waals surface area contributed by atoms with Gasteiger partial charge in [0.05, 0.1) is 17.7 Å². The maximum absolute atomic E-state index is 10.4. The molecule has 1 aromatic carbocycles. The molecule has 0 spiro atoms. The molecule has 4 heteroatoms. The monoisotopic (exact) mass is 320 g/mol. The van der Waals surface area contributed by atoms with Crippen molar-refractivity contribution in [3.8, 4) is 5.75 Å². The second-order valence-electron chi connectivity index (χ2n) is 4.56. The van der Waals surface area contributed by atoms with Crippen LogP contribution in [0.1, 0.15) is 32.4 Å². The summed E-state index contributed by atoms with van der Waals surface area (Å²) in [4.78, 5) is 0. The molecule has 0 bridgehead atoms. The molecule has 0 aliphatic rings. The van der Waals surface area contributed by atoms with Crippen LogP contribution in [0.5, 0.6) is 5.75 Å². The Morgan fingerprint density at radius 1 is 1.29 bits per heavy atom. The molecule has 1 rings (SSSR count). The number of aliphatic hydroxyl groups excluding tert-OH is 1. The fraction of sp³-hybridized carbons (Fsp3) is 0.538. The topological polar surface area (TPSA) is 29.5 Å². The van der Waals surface area contributed by atoms with Gasteiger partial charge in [-0.2, -0.15) is 0 Å². The van der Waals surface area contributed by atoms with Gasteiger partial charge in [-0.05, 0) is 39.9 Å². The van der Waals surface area contributed by atoms with Crippen LogP contribution in [0.2, 0.25) is 5.02 Å². The molecule has 0 heterocycles. The summed E-state index contributed by atoms with van der Waals surface area (Å²) >= 11 is 9.40. The molecule has 0 saturated carbocycles. The number of hydrogen-bond acceptors (Lipinski definition) is 2. The fourth-order valence-corrected chi connectivity index (χ4v) is 2.66. The molecule has 0 aliphatic carbocycles. The highest BCUT2D eigenvalue weighted by Crippen LogP contribution is 2.39. The summed E-state index contributed by atoms with van der Waals surface area (Å²) in [6.45, 7) is 6.18. The molecule has 0 radical (unpaired) electrons. The van der Waals surface area contributed by atoms with Crippen molar-refractivity contribution in [2.45, 2.75) is 26.9 Å². The summed E-state index contributed by atoms with van der Waals surface area (Å²) in [5, 5.41) is 10.9. The van der Waals surface area contributed by atoms with Crippen LogP contribution >= 0.6 is 27.5 Å². The summed E-state index contributed by atoms with van der Waals surface area (Å²) in [6, 6.07) is 3.52. The number of hydrogen-bond donors (Lipinski definition) is 1. The minimum atomic E-state index is -0.583. The van der Waals surface area contributed by atoms with Gasteiger partial charge in [0.15, 0.2) is 0 Å². The summed E-state index contributed by atoms with van der Waals surface area (Å²) in [5.41, 5.74) is 0.730. The van der Waals surface area contributed by atoms with Crippen molar-refractivity contribution in [3.63, 3.8) is 0 Å². The van der Waals surface area contributed by atoms with Gasteiger partial charge in [-0.3, -0.25) is 0 Å². The lowest BCUT2D eigenvalue weighted by Crippen LogP contribution is -2.16. The van der Waals surface area contributed by atoms with E-state index in [1.165, 1.54) is 0 Å². The first-order valence-corrected chi connectivity index (χ1v) is 6.76. The van der Waals surface area contributed by atoms with E-state index in [-0.39, 0.29) is 5.92 Å². The van der Waals surface area contributed by atoms with E-state index in [1.807, 2.05) is 6.92 Å². The van der Waals surface area contributed by atoms with E-state index in [0.29, 0.717) is 16.7 Å². The largest absolute Gasteiger partial charge is 0.495 e. The number of rotatable bonds is 4. The number of ether oxygens (including phenoxy) is 1. The molecule has 2 nitrogen and oxygen atoms in total. The molecular weight excluding hydrogens is 303 g/mol. The van der Waals surface area contributed by atoms with Gasteiger partial charge < -0.3 is 9.84 Å². The molecule has 2 unspecified atom stereocenters. The van der Waals surface area contributed by atoms with Crippen LogP contribution in [-0.2, 0) is 0 Å². The van der Waals surface area contributed by atoms with Crippen LogP contribution in [0.25, 0.3) is 0 Å². The van der Waals surface area contributed by atoms with Gasteiger partial charge in [-0.25, -0.2) is 0 Å². The first-order valence-electron chi connectivity index (χ1n) is 5.59. The van der Waals surface area contributed by atoms with E-state index < -0.39 is 6.10 Å². The first kappa shape index (κ1) is 14.8. The SMILES string of the molecule is COc1c(Br)cc(Cl)cc1C(O)C(C)C(C)C. The molecule has 17 heavy (non-hydrogen) atoms. The van der Waals surface area contributed by atoms with Crippen LogP contribution in [-0.4, -0.2) is 12.2 Å². The molecule has 2 atom stereocenters. The summed E-state index contributed by atoms with van der Waals surface area (Å²) < 4.78 is 6.08. The minimum absolute atomic E-state index is 0.134. The van der Waals surface area contributed by atoms with E-state index in [2.05, 4.69) is 29.8 Å². The molecule has 0 aromatic heterocycles. The summed E-state index contributed by atoms with van der Waals surface area (Å²) in [7, 11) is 1.59. The third-order valence-electron chi connectivity index (χ3n) is 3.11. The normalized spacial score (nSPS) is 14.8. The summed E-state index contributed by atoms with van der Waals surface area (Å²) in [5.74, 6) is 1.16. The average Bonchev–Trinajstić information content (AvgIpc) is 2.25. The zero-order valence-electron chi connectivity index (χ0n) is 10.5. The van der Waals surface area contributed by atoms with Crippen molar-refractivity contribution >= 4 is 27.5 Å². The van der Waals surface area contributed by atoms with E-state index in [1.54, 1.807) is 19.2 Å². The number of halogens is 2. The lowest BCUT2D eigenvalue weighted by Gasteiger charge is -2.24. The Hall–Kier alpha value is -0.250. The third-order valence-corrected chi connectivity index (χ3v) is 3.92. The van der Waals surface area contributed by atoms with Crippen molar-refractivity contribution in [2.24, 2.45) is 11.8 Å². The Balaban J connectivity index is 3.20. The Morgan fingerprint density at radius 2 is 1.88 bits per heavy atom. The highest BCUT2D eigenvalue weighted by atomic mass is 79.9. The van der Waals surface area contributed by atoms with Crippen molar-refractivity contribution in [1.29, 1.82) is 0 Å². The van der Waals surface area contributed by atoms with Gasteiger partial charge in [-0.15, -0.1) is 0 Å². The van der Waals surface area contributed by atoms with Crippen LogP contribution < -0.4 is 4.74 Å². The minimum Gasteiger partial charge on any atom is -0.495 e. The molecule has 0 saturated heterocycles. The maximum atomic E-state index is 10.4. The Bertz CT molecular complexity index is 393. The van der Waals surface area contributed by atoms with Gasteiger partial charge in [-0.1, -0.05) is 32.4 Å². The Kier molecular flexibility index (Phi) is 5.29. The molecular formula is C13H18BrClO2. The van der Waals surface area contributed by atoms with E-state index in [4.69, 9.17) is 16.3 Å². The second kappa shape index (κ2) is 6.07. The number of aliphatic hydroxyl groups is 1. The van der Waals surface area contributed by atoms with Crippen LogP contribution in [0.3, 0.4) is 0 Å². The predicted molar refractivity (Wildman–Crippen MR) is 74.7 cm³/mol. The Morgan fingerprint density at radius 3 is 2.35 bits per heavy atom. The maximum Gasteiger partial charge on any atom is 0.138 e. The smallest absolute Gasteiger partial charge is 0.138 e. The highest BCUT2D eigenvalue weighted by Gasteiger charge is 2.24. The standard InChI is InChI=1S/C13H18BrClO2/c1-7(2)8(3)12(16)10-5-9(15)6-11(14)13(10)17-4/h5-8,12,16H,1-4H3. The van der Waals surface area contributed by atoms with Crippen molar-refractivity contribution in [2.75, 3.05) is 7.11 Å². The van der Waals surface area contributed by atoms with Crippen molar-refractivity contribution < 1.29 is 9.84 Å². The molecule has 0 aliphatic heterocycles. The first-order chi connectivity index (χ1) is 7.88. The molecule has 96 valence electrons. The van der Waals surface area contributed by atoms with Crippen LogP contribution in [0.4, 0.5) is 0 Å². The summed E-state index contributed by atoms with van der Waals surface area (Å²) in [6.07, 6.45) is -0.583. The fourth-order valence-electron chi connectivity index (χ4n) is 1.66. The lowest BCUT2D eigenvalue weighted by molar-refractivity contribution is 0.0895. The Labute approximate surface area is 116 Å². The number of benzene rings is 1. The lowest BCUT2D eigenvalue weighted by atomic mass is 9.88. The van der Waals surface area contributed by atoms with Gasteiger partial charge in [0.1, 0.15) is 5.75 Å². The van der Waals surface area contributed by atoms with E-state index >= 15 is 0 Å². The van der Waals surface area contributed by atoms with Gasteiger partial charge in [0.2, 0.25) is 0 Å². The zero-order chi connectivity index (χ0) is 13.2. The van der Waals surface area contributed by atoms with Crippen molar-refractivity contribution in [1.82, 2.24) is 0 Å². The predicted octanol–water partition coefficient (Wildman–Crippen LogP) is 4.44. The van der Waals surface area contributed by atoms with Crippen molar-refractivity contribution in [3.05, 3.63) is 27.2 Å².